The summed E-state index contributed by atoms with van der Waals surface area (Å²) in [6.07, 6.45) is 0. The minimum atomic E-state index is -0.726. The molecule has 0 aliphatic carbocycles. The van der Waals surface area contributed by atoms with Crippen molar-refractivity contribution >= 4 is 0 Å². The largest absolute Gasteiger partial charge is 0.324 e. The third kappa shape index (κ3) is 2.49. The van der Waals surface area contributed by atoms with Crippen molar-refractivity contribution < 1.29 is 13.2 Å². The van der Waals surface area contributed by atoms with Crippen molar-refractivity contribution in [3.63, 3.8) is 0 Å². The summed E-state index contributed by atoms with van der Waals surface area (Å²) < 4.78 is 41.4. The van der Waals surface area contributed by atoms with Crippen molar-refractivity contribution in [1.29, 1.82) is 0 Å². The number of rotatable bonds is 2. The Labute approximate surface area is 109 Å². The van der Waals surface area contributed by atoms with Crippen LogP contribution >= 0.6 is 0 Å². The molecule has 1 atom stereocenters. The second-order valence-electron chi connectivity index (χ2n) is 4.57. The fourth-order valence-electron chi connectivity index (χ4n) is 2.05. The number of aryl methyl sites for hydroxylation is 1. The van der Waals surface area contributed by atoms with E-state index in [2.05, 4.69) is 0 Å². The zero-order valence-corrected chi connectivity index (χ0v) is 10.7. The lowest BCUT2D eigenvalue weighted by molar-refractivity contribution is 0.582. The van der Waals surface area contributed by atoms with Gasteiger partial charge in [0.2, 0.25) is 0 Å². The lowest BCUT2D eigenvalue weighted by atomic mass is 9.94. The number of benzene rings is 2. The van der Waals surface area contributed by atoms with E-state index in [1.165, 1.54) is 31.2 Å². The summed E-state index contributed by atoms with van der Waals surface area (Å²) in [6.45, 7) is 3.21. The molecule has 2 rings (SSSR count). The molecule has 0 bridgehead atoms. The first kappa shape index (κ1) is 13.6. The van der Waals surface area contributed by atoms with Crippen molar-refractivity contribution in [2.75, 3.05) is 0 Å². The van der Waals surface area contributed by atoms with E-state index in [0.29, 0.717) is 11.1 Å². The first-order valence-corrected chi connectivity index (χ1v) is 5.92. The van der Waals surface area contributed by atoms with Crippen molar-refractivity contribution in [2.45, 2.75) is 19.9 Å². The van der Waals surface area contributed by atoms with Gasteiger partial charge in [0.15, 0.2) is 0 Å². The Morgan fingerprint density at radius 2 is 1.74 bits per heavy atom. The quantitative estimate of drug-likeness (QED) is 0.869. The molecule has 0 heterocycles. The molecular weight excluding hydrogens is 251 g/mol. The van der Waals surface area contributed by atoms with E-state index in [0.717, 1.165) is 6.07 Å². The molecule has 2 aromatic carbocycles. The lowest BCUT2D eigenvalue weighted by Crippen LogP contribution is -2.08. The molecule has 100 valence electrons. The summed E-state index contributed by atoms with van der Waals surface area (Å²) >= 11 is 0. The molecule has 2 N–H and O–H groups in total. The smallest absolute Gasteiger partial charge is 0.136 e. The average molecular weight is 265 g/mol. The van der Waals surface area contributed by atoms with Gasteiger partial charge in [0.1, 0.15) is 17.5 Å². The van der Waals surface area contributed by atoms with Gasteiger partial charge >= 0.3 is 0 Å². The van der Waals surface area contributed by atoms with Crippen LogP contribution in [-0.4, -0.2) is 0 Å². The van der Waals surface area contributed by atoms with E-state index in [1.54, 1.807) is 6.92 Å². The molecule has 0 aromatic heterocycles. The summed E-state index contributed by atoms with van der Waals surface area (Å²) in [5, 5.41) is 0. The van der Waals surface area contributed by atoms with Crippen LogP contribution in [0, 0.1) is 24.4 Å². The summed E-state index contributed by atoms with van der Waals surface area (Å²) in [6, 6.07) is 5.86. The predicted molar refractivity (Wildman–Crippen MR) is 69.1 cm³/mol. The normalized spacial score (nSPS) is 12.5. The summed E-state index contributed by atoms with van der Waals surface area (Å²) in [7, 11) is 0. The van der Waals surface area contributed by atoms with Crippen molar-refractivity contribution in [1.82, 2.24) is 0 Å². The number of hydrogen-bond acceptors (Lipinski definition) is 1. The molecule has 0 saturated carbocycles. The highest BCUT2D eigenvalue weighted by Gasteiger charge is 2.18. The van der Waals surface area contributed by atoms with Crippen LogP contribution < -0.4 is 5.73 Å². The maximum absolute atomic E-state index is 14.1. The van der Waals surface area contributed by atoms with Gasteiger partial charge < -0.3 is 5.73 Å². The van der Waals surface area contributed by atoms with E-state index >= 15 is 0 Å². The summed E-state index contributed by atoms with van der Waals surface area (Å²) in [5.74, 6) is -1.97. The Morgan fingerprint density at radius 1 is 1.05 bits per heavy atom. The van der Waals surface area contributed by atoms with Crippen LogP contribution in [0.3, 0.4) is 0 Å². The Bertz CT molecular complexity index is 621. The molecule has 1 unspecified atom stereocenters. The molecule has 19 heavy (non-hydrogen) atoms. The van der Waals surface area contributed by atoms with Crippen LogP contribution in [0.25, 0.3) is 11.1 Å². The summed E-state index contributed by atoms with van der Waals surface area (Å²) in [5.41, 5.74) is 6.51. The lowest BCUT2D eigenvalue weighted by Gasteiger charge is -2.15. The standard InChI is InChI=1S/C15H14F3N/c1-8-3-6-13(17)14(15(8)18)12-7-10(16)4-5-11(12)9(2)19/h3-7,9H,19H2,1-2H3. The fourth-order valence-corrected chi connectivity index (χ4v) is 2.05. The van der Waals surface area contributed by atoms with Gasteiger partial charge in [-0.25, -0.2) is 13.2 Å². The maximum atomic E-state index is 14.1. The number of halogens is 3. The van der Waals surface area contributed by atoms with Crippen LogP contribution in [0.1, 0.15) is 24.1 Å². The summed E-state index contributed by atoms with van der Waals surface area (Å²) in [4.78, 5) is 0. The fraction of sp³-hybridized carbons (Fsp3) is 0.200. The number of hydrogen-bond donors (Lipinski definition) is 1. The highest BCUT2D eigenvalue weighted by molar-refractivity contribution is 5.70. The molecule has 0 spiro atoms. The zero-order valence-electron chi connectivity index (χ0n) is 10.7. The van der Waals surface area contributed by atoms with Crippen LogP contribution in [0.15, 0.2) is 30.3 Å². The van der Waals surface area contributed by atoms with Crippen molar-refractivity contribution in [3.8, 4) is 11.1 Å². The maximum Gasteiger partial charge on any atom is 0.136 e. The Balaban J connectivity index is 2.78. The molecule has 2 aromatic rings. The Kier molecular flexibility index (Phi) is 3.62. The third-order valence-corrected chi connectivity index (χ3v) is 3.06. The zero-order chi connectivity index (χ0) is 14.2. The van der Waals surface area contributed by atoms with E-state index in [4.69, 9.17) is 5.73 Å². The average Bonchev–Trinajstić information content (AvgIpc) is 2.34. The molecule has 0 saturated heterocycles. The minimum absolute atomic E-state index is 0.161. The molecular formula is C15H14F3N. The Morgan fingerprint density at radius 3 is 2.37 bits per heavy atom. The van der Waals surface area contributed by atoms with Gasteiger partial charge in [-0.15, -0.1) is 0 Å². The first-order chi connectivity index (χ1) is 8.91. The monoisotopic (exact) mass is 265 g/mol. The second kappa shape index (κ2) is 5.05. The highest BCUT2D eigenvalue weighted by Crippen LogP contribution is 2.33. The van der Waals surface area contributed by atoms with Gasteiger partial charge in [-0.1, -0.05) is 12.1 Å². The Hall–Kier alpha value is -1.81. The van der Waals surface area contributed by atoms with Gasteiger partial charge in [0.05, 0.1) is 5.56 Å². The topological polar surface area (TPSA) is 26.0 Å². The molecule has 1 nitrogen and oxygen atoms in total. The van der Waals surface area contributed by atoms with Crippen LogP contribution in [0.4, 0.5) is 13.2 Å². The van der Waals surface area contributed by atoms with E-state index in [1.807, 2.05) is 0 Å². The van der Waals surface area contributed by atoms with E-state index < -0.39 is 23.5 Å². The van der Waals surface area contributed by atoms with Gasteiger partial charge in [-0.05, 0) is 48.7 Å². The molecule has 0 radical (unpaired) electrons. The van der Waals surface area contributed by atoms with Crippen molar-refractivity contribution in [3.05, 3.63) is 58.9 Å². The minimum Gasteiger partial charge on any atom is -0.324 e. The predicted octanol–water partition coefficient (Wildman–Crippen LogP) is 4.10. The molecule has 0 fully saturated rings. The van der Waals surface area contributed by atoms with Crippen LogP contribution in [0.2, 0.25) is 0 Å². The van der Waals surface area contributed by atoms with Crippen molar-refractivity contribution in [2.24, 2.45) is 5.73 Å². The highest BCUT2D eigenvalue weighted by atomic mass is 19.1. The molecule has 0 aliphatic rings. The van der Waals surface area contributed by atoms with Gasteiger partial charge in [-0.2, -0.15) is 0 Å². The number of nitrogens with two attached hydrogens (primary N) is 1. The molecule has 0 aliphatic heterocycles. The molecule has 0 amide bonds. The second-order valence-corrected chi connectivity index (χ2v) is 4.57. The van der Waals surface area contributed by atoms with Gasteiger partial charge in [0.25, 0.3) is 0 Å². The van der Waals surface area contributed by atoms with Gasteiger partial charge in [0, 0.05) is 6.04 Å². The van der Waals surface area contributed by atoms with E-state index in [9.17, 15) is 13.2 Å². The van der Waals surface area contributed by atoms with Gasteiger partial charge in [-0.3, -0.25) is 0 Å². The SMILES string of the molecule is Cc1ccc(F)c(-c2cc(F)ccc2C(C)N)c1F. The van der Waals surface area contributed by atoms with Crippen LogP contribution in [0.5, 0.6) is 0 Å². The van der Waals surface area contributed by atoms with E-state index in [-0.39, 0.29) is 11.1 Å². The first-order valence-electron chi connectivity index (χ1n) is 5.92. The van der Waals surface area contributed by atoms with Crippen LogP contribution in [-0.2, 0) is 0 Å². The third-order valence-electron chi connectivity index (χ3n) is 3.06. The molecule has 4 heteroatoms.